The van der Waals surface area contributed by atoms with E-state index in [2.05, 4.69) is 86.4 Å². The van der Waals surface area contributed by atoms with Gasteiger partial charge in [-0.2, -0.15) is 0 Å². The summed E-state index contributed by atoms with van der Waals surface area (Å²) in [5, 5.41) is 14.7. The highest BCUT2D eigenvalue weighted by Gasteiger charge is 2.87. The molecule has 1 spiro atoms. The third-order valence-corrected chi connectivity index (χ3v) is 16.7. The first-order valence-corrected chi connectivity index (χ1v) is 19.7. The second-order valence-electron chi connectivity index (χ2n) is 20.5. The van der Waals surface area contributed by atoms with Crippen LogP contribution in [0.4, 0.5) is 0 Å². The number of nitrogens with one attached hydrogen (secondary N) is 1. The lowest BCUT2D eigenvalue weighted by atomic mass is 9.40. The molecular formula is C42H55NO8. The van der Waals surface area contributed by atoms with Crippen molar-refractivity contribution in [2.45, 2.75) is 184 Å². The van der Waals surface area contributed by atoms with Gasteiger partial charge in [0.05, 0.1) is 34.4 Å². The molecular weight excluding hydrogens is 646 g/mol. The maximum Gasteiger partial charge on any atom is 0.187 e. The van der Waals surface area contributed by atoms with Crippen molar-refractivity contribution >= 4 is 16.7 Å². The first kappa shape index (κ1) is 32.6. The van der Waals surface area contributed by atoms with Gasteiger partial charge in [-0.1, -0.05) is 13.8 Å². The zero-order valence-corrected chi connectivity index (χ0v) is 31.9. The SMILES string of the molecule is CC1(C)OC1[C@H]1O[C@H]2[C@H]3O[C@@]34[C@H](CC[C@@]3(C)[C@@]4(O)CC[C@H]4Cc5c([nH]c6ccc7c(c56)C[C@@H]5[C@@H](C7=O)C(C)(C)OC5(C)C)[C@@]43C)O[C@@H]2C(C)(C)O1. The fourth-order valence-corrected chi connectivity index (χ4v) is 14.1. The molecule has 0 bridgehead atoms. The molecule has 11 rings (SSSR count). The van der Waals surface area contributed by atoms with Crippen LogP contribution in [-0.4, -0.2) is 86.3 Å². The molecule has 51 heavy (non-hydrogen) atoms. The van der Waals surface area contributed by atoms with Gasteiger partial charge in [-0.05, 0) is 123 Å². The number of rotatable bonds is 1. The summed E-state index contributed by atoms with van der Waals surface area (Å²) in [6, 6.07) is 4.19. The second-order valence-corrected chi connectivity index (χ2v) is 20.5. The van der Waals surface area contributed by atoms with Crippen LogP contribution in [0.15, 0.2) is 12.1 Å². The predicted molar refractivity (Wildman–Crippen MR) is 188 cm³/mol. The van der Waals surface area contributed by atoms with E-state index in [0.717, 1.165) is 43.2 Å². The highest BCUT2D eigenvalue weighted by atomic mass is 16.8. The summed E-state index contributed by atoms with van der Waals surface area (Å²) < 4.78 is 39.7. The molecule has 9 aliphatic rings. The molecule has 5 aliphatic heterocycles. The summed E-state index contributed by atoms with van der Waals surface area (Å²) in [6.45, 7) is 21.5. The van der Waals surface area contributed by atoms with Crippen LogP contribution in [0.3, 0.4) is 0 Å². The lowest BCUT2D eigenvalue weighted by Crippen LogP contribution is -2.77. The molecule has 4 aliphatic carbocycles. The number of aromatic nitrogens is 1. The van der Waals surface area contributed by atoms with Crippen molar-refractivity contribution in [3.05, 3.63) is 34.5 Å². The lowest BCUT2D eigenvalue weighted by Gasteiger charge is -2.66. The van der Waals surface area contributed by atoms with Gasteiger partial charge in [0.1, 0.15) is 30.0 Å². The van der Waals surface area contributed by atoms with Gasteiger partial charge in [0.2, 0.25) is 0 Å². The van der Waals surface area contributed by atoms with Gasteiger partial charge >= 0.3 is 0 Å². The summed E-state index contributed by atoms with van der Waals surface area (Å²) in [5.74, 6) is 0.550. The standard InChI is InChI=1S/C42H55NO8/c1-35(2)23-18-21-20(28(44)27(23)36(3,4)51-35)11-12-24-26(21)22-17-19-13-16-41(45)39(9,40(19,10)30(22)43-24)15-14-25-42(41)32(49-42)29-31(46-25)37(5,6)50-34(47-29)33-38(7,8)48-33/h11-12,19,23,25,27,29,31-34,43,45H,13-18H2,1-10H3/t19-,23+,25-,27-,29+,31-,32+,33?,34-,39+,40+,41-,42-/m0/s1. The van der Waals surface area contributed by atoms with Crippen molar-refractivity contribution in [2.24, 2.45) is 23.2 Å². The average Bonchev–Trinajstić information content (AvgIpc) is 3.83. The molecule has 7 fully saturated rings. The van der Waals surface area contributed by atoms with Crippen molar-refractivity contribution in [2.75, 3.05) is 0 Å². The number of ether oxygens (including phenoxy) is 6. The van der Waals surface area contributed by atoms with Gasteiger partial charge in [-0.15, -0.1) is 0 Å². The number of Topliss-reactive ketones (excluding diaryl/α,β-unsaturated/α-hetero) is 1. The highest BCUT2D eigenvalue weighted by molar-refractivity contribution is 6.06. The molecule has 276 valence electrons. The van der Waals surface area contributed by atoms with Crippen LogP contribution in [0, 0.1) is 23.2 Å². The maximum atomic E-state index is 14.3. The predicted octanol–water partition coefficient (Wildman–Crippen LogP) is 6.08. The maximum absolute atomic E-state index is 14.3. The molecule has 9 nitrogen and oxygen atoms in total. The smallest absolute Gasteiger partial charge is 0.187 e. The minimum atomic E-state index is -1.13. The van der Waals surface area contributed by atoms with E-state index in [1.54, 1.807) is 0 Å². The summed E-state index contributed by atoms with van der Waals surface area (Å²) >= 11 is 0. The van der Waals surface area contributed by atoms with E-state index in [0.29, 0.717) is 12.3 Å². The van der Waals surface area contributed by atoms with Crippen molar-refractivity contribution in [1.82, 2.24) is 4.98 Å². The van der Waals surface area contributed by atoms with Gasteiger partial charge in [0, 0.05) is 38.9 Å². The second kappa shape index (κ2) is 8.98. The number of hydrogen-bond donors (Lipinski definition) is 2. The topological polar surface area (TPSA) is 115 Å². The fraction of sp³-hybridized carbons (Fsp3) is 0.786. The number of H-pyrrole nitrogens is 1. The van der Waals surface area contributed by atoms with Gasteiger partial charge in [0.25, 0.3) is 0 Å². The molecule has 1 unspecified atom stereocenters. The minimum Gasteiger partial charge on any atom is -0.386 e. The lowest BCUT2D eigenvalue weighted by molar-refractivity contribution is -0.356. The Labute approximate surface area is 300 Å². The zero-order valence-electron chi connectivity index (χ0n) is 31.9. The summed E-state index contributed by atoms with van der Waals surface area (Å²) in [4.78, 5) is 18.3. The summed E-state index contributed by atoms with van der Waals surface area (Å²) in [6.07, 6.45) is 3.08. The number of hydrogen-bond acceptors (Lipinski definition) is 8. The van der Waals surface area contributed by atoms with Gasteiger partial charge in [-0.25, -0.2) is 0 Å². The van der Waals surface area contributed by atoms with Gasteiger partial charge in [-0.3, -0.25) is 4.79 Å². The minimum absolute atomic E-state index is 0.119. The monoisotopic (exact) mass is 701 g/mol. The molecule has 9 heteroatoms. The number of fused-ring (bicyclic) bond motifs is 12. The van der Waals surface area contributed by atoms with E-state index in [1.165, 1.54) is 22.2 Å². The molecule has 0 radical (unpaired) electrons. The number of epoxide rings is 2. The Balaban J connectivity index is 0.995. The number of carbonyl (C=O) groups excluding carboxylic acids is 1. The van der Waals surface area contributed by atoms with E-state index in [4.69, 9.17) is 28.4 Å². The molecule has 5 saturated heterocycles. The third kappa shape index (κ3) is 3.50. The first-order valence-electron chi connectivity index (χ1n) is 19.7. The molecule has 1 aromatic carbocycles. The van der Waals surface area contributed by atoms with Crippen LogP contribution in [0.5, 0.6) is 0 Å². The van der Waals surface area contributed by atoms with Crippen molar-refractivity contribution in [1.29, 1.82) is 0 Å². The zero-order chi connectivity index (χ0) is 35.8. The van der Waals surface area contributed by atoms with Gasteiger partial charge in [0.15, 0.2) is 17.7 Å². The molecule has 6 heterocycles. The normalized spacial score (nSPS) is 51.3. The Morgan fingerprint density at radius 3 is 2.22 bits per heavy atom. The largest absolute Gasteiger partial charge is 0.386 e. The number of ketones is 1. The molecule has 0 amide bonds. The molecule has 1 aromatic heterocycles. The quantitative estimate of drug-likeness (QED) is 0.344. The van der Waals surface area contributed by atoms with Crippen molar-refractivity contribution < 1.29 is 38.3 Å². The van der Waals surface area contributed by atoms with Crippen LogP contribution in [-0.2, 0) is 46.7 Å². The van der Waals surface area contributed by atoms with E-state index in [1.807, 2.05) is 0 Å². The van der Waals surface area contributed by atoms with Crippen LogP contribution >= 0.6 is 0 Å². The number of benzene rings is 1. The first-order chi connectivity index (χ1) is 23.7. The Morgan fingerprint density at radius 1 is 0.765 bits per heavy atom. The van der Waals surface area contributed by atoms with Crippen LogP contribution in [0.2, 0.25) is 0 Å². The average molecular weight is 702 g/mol. The number of aliphatic hydroxyl groups is 1. The molecule has 2 aromatic rings. The van der Waals surface area contributed by atoms with E-state index < -0.39 is 39.7 Å². The Bertz CT molecular complexity index is 1940. The van der Waals surface area contributed by atoms with E-state index in [-0.39, 0.29) is 59.2 Å². The Hall–Kier alpha value is -1.85. The van der Waals surface area contributed by atoms with Gasteiger partial charge < -0.3 is 38.5 Å². The molecule has 13 atom stereocenters. The third-order valence-electron chi connectivity index (χ3n) is 16.7. The van der Waals surface area contributed by atoms with E-state index >= 15 is 0 Å². The molecule has 2 N–H and O–H groups in total. The summed E-state index contributed by atoms with van der Waals surface area (Å²) in [5.41, 5.74) is 1.15. The van der Waals surface area contributed by atoms with E-state index in [9.17, 15) is 9.90 Å². The number of aromatic amines is 1. The Kier molecular flexibility index (Phi) is 5.74. The number of carbonyl (C=O) groups is 1. The van der Waals surface area contributed by atoms with Crippen molar-refractivity contribution in [3.8, 4) is 0 Å². The van der Waals surface area contributed by atoms with Crippen LogP contribution in [0.25, 0.3) is 10.9 Å². The molecule has 2 saturated carbocycles. The van der Waals surface area contributed by atoms with Crippen molar-refractivity contribution in [3.63, 3.8) is 0 Å². The van der Waals surface area contributed by atoms with Crippen LogP contribution < -0.4 is 0 Å². The summed E-state index contributed by atoms with van der Waals surface area (Å²) in [7, 11) is 0. The van der Waals surface area contributed by atoms with Crippen LogP contribution in [0.1, 0.15) is 122 Å². The Morgan fingerprint density at radius 2 is 1.49 bits per heavy atom. The fourth-order valence-electron chi connectivity index (χ4n) is 14.1. The highest BCUT2D eigenvalue weighted by Crippen LogP contribution is 2.75.